The van der Waals surface area contributed by atoms with Crippen LogP contribution in [0.1, 0.15) is 6.92 Å². The van der Waals surface area contributed by atoms with E-state index in [2.05, 4.69) is 20.9 Å². The lowest BCUT2D eigenvalue weighted by molar-refractivity contribution is 0.486. The van der Waals surface area contributed by atoms with Crippen molar-refractivity contribution in [3.63, 3.8) is 0 Å². The maximum absolute atomic E-state index is 11.0. The van der Waals surface area contributed by atoms with Crippen molar-refractivity contribution in [2.75, 3.05) is 5.75 Å². The molecule has 0 aliphatic heterocycles. The fraction of sp³-hybridized carbons (Fsp3) is 0.286. The molecule has 1 aromatic rings. The summed E-state index contributed by atoms with van der Waals surface area (Å²) >= 11 is 3.13. The molecule has 1 rings (SSSR count). The third kappa shape index (κ3) is 3.31. The van der Waals surface area contributed by atoms with Crippen LogP contribution in [0.25, 0.3) is 0 Å². The zero-order valence-corrected chi connectivity index (χ0v) is 9.30. The third-order valence-corrected chi connectivity index (χ3v) is 2.90. The zero-order valence-electron chi connectivity index (χ0n) is 6.90. The van der Waals surface area contributed by atoms with E-state index in [1.54, 1.807) is 6.07 Å². The Hall–Kier alpha value is -0.620. The summed E-state index contributed by atoms with van der Waals surface area (Å²) in [6.45, 7) is 1.52. The van der Waals surface area contributed by atoms with Crippen LogP contribution in [0.3, 0.4) is 0 Å². The minimum absolute atomic E-state index is 0.0525. The minimum atomic E-state index is -3.44. The van der Waals surface area contributed by atoms with E-state index in [0.29, 0.717) is 4.60 Å². The van der Waals surface area contributed by atoms with Crippen LogP contribution in [0.2, 0.25) is 0 Å². The monoisotopic (exact) mass is 265 g/mol. The first-order valence-corrected chi connectivity index (χ1v) is 5.94. The van der Waals surface area contributed by atoms with Crippen LogP contribution in [-0.4, -0.2) is 19.2 Å². The van der Waals surface area contributed by atoms with E-state index in [1.807, 2.05) is 0 Å². The molecule has 4 nitrogen and oxygen atoms in total. The SMILES string of the molecule is CCS(=O)(=O)Oc1ccc(Br)nc1. The molecule has 0 saturated carbocycles. The summed E-state index contributed by atoms with van der Waals surface area (Å²) in [5.41, 5.74) is 0. The van der Waals surface area contributed by atoms with Crippen LogP contribution in [-0.2, 0) is 10.1 Å². The average Bonchev–Trinajstić information content (AvgIpc) is 2.09. The van der Waals surface area contributed by atoms with Crippen LogP contribution < -0.4 is 4.18 Å². The highest BCUT2D eigenvalue weighted by Gasteiger charge is 2.08. The van der Waals surface area contributed by atoms with Gasteiger partial charge in [-0.2, -0.15) is 8.42 Å². The van der Waals surface area contributed by atoms with Gasteiger partial charge >= 0.3 is 10.1 Å². The molecule has 0 unspecified atom stereocenters. The predicted octanol–water partition coefficient (Wildman–Crippen LogP) is 1.57. The third-order valence-electron chi connectivity index (χ3n) is 1.28. The van der Waals surface area contributed by atoms with Gasteiger partial charge in [0.05, 0.1) is 11.9 Å². The highest BCUT2D eigenvalue weighted by molar-refractivity contribution is 9.10. The number of halogens is 1. The molecule has 13 heavy (non-hydrogen) atoms. The van der Waals surface area contributed by atoms with Crippen LogP contribution in [0.5, 0.6) is 5.75 Å². The van der Waals surface area contributed by atoms with Gasteiger partial charge < -0.3 is 4.18 Å². The topological polar surface area (TPSA) is 56.3 Å². The van der Waals surface area contributed by atoms with Gasteiger partial charge in [-0.3, -0.25) is 0 Å². The Bertz CT molecular complexity index is 373. The Morgan fingerprint density at radius 2 is 2.23 bits per heavy atom. The number of rotatable bonds is 3. The van der Waals surface area contributed by atoms with E-state index < -0.39 is 10.1 Å². The molecule has 1 heterocycles. The van der Waals surface area contributed by atoms with Gasteiger partial charge in [-0.25, -0.2) is 4.98 Å². The summed E-state index contributed by atoms with van der Waals surface area (Å²) in [5.74, 6) is 0.174. The van der Waals surface area contributed by atoms with Crippen LogP contribution in [0, 0.1) is 0 Å². The van der Waals surface area contributed by atoms with E-state index in [1.165, 1.54) is 19.2 Å². The molecule has 6 heteroatoms. The summed E-state index contributed by atoms with van der Waals surface area (Å²) in [7, 11) is -3.44. The summed E-state index contributed by atoms with van der Waals surface area (Å²) in [4.78, 5) is 3.82. The van der Waals surface area contributed by atoms with E-state index in [9.17, 15) is 8.42 Å². The molecule has 0 N–H and O–H groups in total. The van der Waals surface area contributed by atoms with Gasteiger partial charge in [0, 0.05) is 0 Å². The second-order valence-electron chi connectivity index (χ2n) is 2.25. The van der Waals surface area contributed by atoms with Crippen molar-refractivity contribution in [2.45, 2.75) is 6.92 Å². The molecule has 0 amide bonds. The number of hydrogen-bond acceptors (Lipinski definition) is 4. The maximum Gasteiger partial charge on any atom is 0.308 e. The first kappa shape index (κ1) is 10.5. The highest BCUT2D eigenvalue weighted by Crippen LogP contribution is 2.14. The van der Waals surface area contributed by atoms with Crippen molar-refractivity contribution in [2.24, 2.45) is 0 Å². The molecule has 0 bridgehead atoms. The van der Waals surface area contributed by atoms with E-state index in [-0.39, 0.29) is 11.5 Å². The molecular formula is C7H8BrNO3S. The van der Waals surface area contributed by atoms with Gasteiger partial charge in [0.1, 0.15) is 4.60 Å². The molecule has 0 aliphatic rings. The van der Waals surface area contributed by atoms with Crippen LogP contribution in [0.4, 0.5) is 0 Å². The Kier molecular flexibility index (Phi) is 3.27. The van der Waals surface area contributed by atoms with Gasteiger partial charge in [0.2, 0.25) is 0 Å². The minimum Gasteiger partial charge on any atom is -0.381 e. The summed E-state index contributed by atoms with van der Waals surface area (Å²) in [5, 5.41) is 0. The Morgan fingerprint density at radius 1 is 1.54 bits per heavy atom. The lowest BCUT2D eigenvalue weighted by atomic mass is 10.5. The van der Waals surface area contributed by atoms with E-state index in [0.717, 1.165) is 0 Å². The van der Waals surface area contributed by atoms with Crippen LogP contribution in [0.15, 0.2) is 22.9 Å². The lowest BCUT2D eigenvalue weighted by Crippen LogP contribution is -2.11. The molecule has 0 saturated heterocycles. The first-order chi connectivity index (χ1) is 6.03. The number of aromatic nitrogens is 1. The molecule has 1 aromatic heterocycles. The second kappa shape index (κ2) is 4.06. The zero-order chi connectivity index (χ0) is 9.90. The van der Waals surface area contributed by atoms with Crippen molar-refractivity contribution in [3.8, 4) is 5.75 Å². The summed E-state index contributed by atoms with van der Waals surface area (Å²) < 4.78 is 27.3. The smallest absolute Gasteiger partial charge is 0.308 e. The van der Waals surface area contributed by atoms with Crippen molar-refractivity contribution in [3.05, 3.63) is 22.9 Å². The number of pyridine rings is 1. The average molecular weight is 266 g/mol. The molecule has 0 fully saturated rings. The van der Waals surface area contributed by atoms with Gasteiger partial charge in [-0.1, -0.05) is 0 Å². The highest BCUT2D eigenvalue weighted by atomic mass is 79.9. The molecule has 0 radical (unpaired) electrons. The standard InChI is InChI=1S/C7H8BrNO3S/c1-2-13(10,11)12-6-3-4-7(8)9-5-6/h3-5H,2H2,1H3. The molecule has 0 spiro atoms. The summed E-state index contributed by atoms with van der Waals surface area (Å²) in [6, 6.07) is 3.14. The number of hydrogen-bond donors (Lipinski definition) is 0. The Balaban J connectivity index is 2.82. The quantitative estimate of drug-likeness (QED) is 0.615. The lowest BCUT2D eigenvalue weighted by Gasteiger charge is -2.03. The Labute approximate surface area is 85.2 Å². The predicted molar refractivity (Wildman–Crippen MR) is 52.0 cm³/mol. The fourth-order valence-electron chi connectivity index (χ4n) is 0.617. The van der Waals surface area contributed by atoms with Crippen molar-refractivity contribution in [1.29, 1.82) is 0 Å². The molecule has 72 valence electrons. The normalized spacial score (nSPS) is 11.2. The van der Waals surface area contributed by atoms with E-state index >= 15 is 0 Å². The molecule has 0 aliphatic carbocycles. The van der Waals surface area contributed by atoms with Gasteiger partial charge in [-0.15, -0.1) is 0 Å². The fourth-order valence-corrected chi connectivity index (χ4v) is 1.36. The van der Waals surface area contributed by atoms with Crippen molar-refractivity contribution >= 4 is 26.0 Å². The molecule has 0 atom stereocenters. The van der Waals surface area contributed by atoms with Gasteiger partial charge in [0.25, 0.3) is 0 Å². The van der Waals surface area contributed by atoms with Crippen molar-refractivity contribution in [1.82, 2.24) is 4.98 Å². The Morgan fingerprint density at radius 3 is 2.69 bits per heavy atom. The molecule has 0 aromatic carbocycles. The first-order valence-electron chi connectivity index (χ1n) is 3.57. The second-order valence-corrected chi connectivity index (χ2v) is 4.92. The van der Waals surface area contributed by atoms with Gasteiger partial charge in [0.15, 0.2) is 5.75 Å². The van der Waals surface area contributed by atoms with Crippen LogP contribution >= 0.6 is 15.9 Å². The number of nitrogens with zero attached hydrogens (tertiary/aromatic N) is 1. The maximum atomic E-state index is 11.0. The largest absolute Gasteiger partial charge is 0.381 e. The van der Waals surface area contributed by atoms with Crippen molar-refractivity contribution < 1.29 is 12.6 Å². The molecular weight excluding hydrogens is 258 g/mol. The summed E-state index contributed by atoms with van der Waals surface area (Å²) in [6.07, 6.45) is 1.34. The van der Waals surface area contributed by atoms with Gasteiger partial charge in [-0.05, 0) is 35.0 Å². The van der Waals surface area contributed by atoms with E-state index in [4.69, 9.17) is 4.18 Å².